The van der Waals surface area contributed by atoms with Gasteiger partial charge in [0.1, 0.15) is 0 Å². The normalized spacial score (nSPS) is 32.9. The summed E-state index contributed by atoms with van der Waals surface area (Å²) in [5, 5.41) is 8.99. The third-order valence-electron chi connectivity index (χ3n) is 2.77. The van der Waals surface area contributed by atoms with Crippen molar-refractivity contribution in [3.63, 3.8) is 0 Å². The number of aromatic amines is 1. The molecule has 7 heteroatoms. The summed E-state index contributed by atoms with van der Waals surface area (Å²) in [6.07, 6.45) is 0.00574. The third kappa shape index (κ3) is 2.31. The molecule has 2 rings (SSSR count). The number of nitrogens with one attached hydrogen (secondary N) is 1. The molecule has 94 valence electrons. The molecule has 1 aliphatic rings. The lowest BCUT2D eigenvalue weighted by Crippen LogP contribution is -2.29. The Morgan fingerprint density at radius 2 is 2.53 bits per heavy atom. The molecule has 3 atom stereocenters. The van der Waals surface area contributed by atoms with E-state index in [1.54, 1.807) is 0 Å². The van der Waals surface area contributed by atoms with E-state index in [1.165, 1.54) is 23.8 Å². The Morgan fingerprint density at radius 1 is 1.82 bits per heavy atom. The van der Waals surface area contributed by atoms with Gasteiger partial charge in [0.2, 0.25) is 0 Å². The topological polar surface area (TPSA) is 67.2 Å². The Morgan fingerprint density at radius 3 is 3.06 bits per heavy atom. The van der Waals surface area contributed by atoms with E-state index < -0.39 is 18.0 Å². The zero-order valence-electron chi connectivity index (χ0n) is 9.22. The number of rotatable bonds is 2. The van der Waals surface area contributed by atoms with Crippen LogP contribution < -0.4 is 5.56 Å². The van der Waals surface area contributed by atoms with Crippen molar-refractivity contribution >= 4 is 12.2 Å². The summed E-state index contributed by atoms with van der Waals surface area (Å²) in [5.41, 5.74) is -1.98. The fourth-order valence-electron chi connectivity index (χ4n) is 1.99. The minimum atomic E-state index is -1.64. The van der Waals surface area contributed by atoms with Gasteiger partial charge in [-0.2, -0.15) is 0 Å². The first-order valence-electron chi connectivity index (χ1n) is 5.21. The van der Waals surface area contributed by atoms with E-state index in [0.717, 1.165) is 0 Å². The Balaban J connectivity index is 2.40. The highest BCUT2D eigenvalue weighted by Crippen LogP contribution is 2.40. The smallest absolute Gasteiger partial charge is 0.251 e. The van der Waals surface area contributed by atoms with Gasteiger partial charge in [-0.05, 0) is 19.1 Å². The number of aliphatic hydroxyl groups excluding tert-OH is 1. The second-order valence-corrected chi connectivity index (χ2v) is 4.68. The molecule has 0 saturated carbocycles. The van der Waals surface area contributed by atoms with Gasteiger partial charge in [-0.1, -0.05) is 0 Å². The standard InChI is InChI=1S/C10H13FN2O3S/c1-10(11)4-6(5-14)16-8(10)13-3-2-7(15)12-9(13)17/h2-3,6,8,14H,4-5H2,1H3,(H,12,15,17)/t6-,8+,10?/m0/s1. The average Bonchev–Trinajstić information content (AvgIpc) is 2.54. The quantitative estimate of drug-likeness (QED) is 0.776. The molecule has 2 heterocycles. The van der Waals surface area contributed by atoms with Crippen molar-refractivity contribution in [3.8, 4) is 0 Å². The molecule has 0 amide bonds. The van der Waals surface area contributed by atoms with Crippen molar-refractivity contribution in [2.75, 3.05) is 6.61 Å². The molecule has 1 aromatic rings. The summed E-state index contributed by atoms with van der Waals surface area (Å²) in [7, 11) is 0. The van der Waals surface area contributed by atoms with Gasteiger partial charge in [-0.25, -0.2) is 4.39 Å². The van der Waals surface area contributed by atoms with Crippen LogP contribution in [-0.4, -0.2) is 33.0 Å². The zero-order chi connectivity index (χ0) is 12.6. The molecule has 0 bridgehead atoms. The molecule has 1 saturated heterocycles. The van der Waals surface area contributed by atoms with Gasteiger partial charge < -0.3 is 9.84 Å². The van der Waals surface area contributed by atoms with E-state index in [1.807, 2.05) is 0 Å². The summed E-state index contributed by atoms with van der Waals surface area (Å²) in [5.74, 6) is 0. The fourth-order valence-corrected chi connectivity index (χ4v) is 2.25. The lowest BCUT2D eigenvalue weighted by atomic mass is 10.0. The maximum atomic E-state index is 14.3. The first-order valence-corrected chi connectivity index (χ1v) is 5.61. The van der Waals surface area contributed by atoms with E-state index >= 15 is 0 Å². The number of aliphatic hydroxyl groups is 1. The summed E-state index contributed by atoms with van der Waals surface area (Å²) in [4.78, 5) is 13.4. The number of aromatic nitrogens is 2. The second-order valence-electron chi connectivity index (χ2n) is 4.29. The highest BCUT2D eigenvalue weighted by atomic mass is 32.1. The Kier molecular flexibility index (Phi) is 3.15. The van der Waals surface area contributed by atoms with Crippen LogP contribution in [0.25, 0.3) is 0 Å². The fraction of sp³-hybridized carbons (Fsp3) is 0.600. The summed E-state index contributed by atoms with van der Waals surface area (Å²) < 4.78 is 21.1. The van der Waals surface area contributed by atoms with Crippen LogP contribution in [0.1, 0.15) is 19.6 Å². The van der Waals surface area contributed by atoms with Gasteiger partial charge >= 0.3 is 0 Å². The van der Waals surface area contributed by atoms with E-state index in [2.05, 4.69) is 4.98 Å². The molecule has 1 fully saturated rings. The molecule has 2 N–H and O–H groups in total. The van der Waals surface area contributed by atoms with Gasteiger partial charge in [-0.3, -0.25) is 14.3 Å². The second kappa shape index (κ2) is 4.32. The van der Waals surface area contributed by atoms with Crippen LogP contribution in [0, 0.1) is 4.77 Å². The van der Waals surface area contributed by atoms with Crippen molar-refractivity contribution < 1.29 is 14.2 Å². The molecule has 0 aromatic carbocycles. The molecule has 1 aromatic heterocycles. The summed E-state index contributed by atoms with van der Waals surface area (Å²) in [6.45, 7) is 1.15. The highest BCUT2D eigenvalue weighted by molar-refractivity contribution is 7.71. The van der Waals surface area contributed by atoms with Gasteiger partial charge in [-0.15, -0.1) is 0 Å². The van der Waals surface area contributed by atoms with E-state index in [-0.39, 0.29) is 23.4 Å². The Labute approximate surface area is 102 Å². The van der Waals surface area contributed by atoms with Crippen molar-refractivity contribution in [1.82, 2.24) is 9.55 Å². The van der Waals surface area contributed by atoms with Crippen LogP contribution in [0.5, 0.6) is 0 Å². The van der Waals surface area contributed by atoms with Crippen LogP contribution >= 0.6 is 12.2 Å². The molecule has 0 radical (unpaired) electrons. The molecule has 1 unspecified atom stereocenters. The maximum absolute atomic E-state index is 14.3. The molecule has 0 aliphatic carbocycles. The Bertz CT molecular complexity index is 525. The lowest BCUT2D eigenvalue weighted by molar-refractivity contribution is -0.0600. The first-order chi connectivity index (χ1) is 7.94. The largest absolute Gasteiger partial charge is 0.394 e. The zero-order valence-corrected chi connectivity index (χ0v) is 10.0. The number of halogens is 1. The van der Waals surface area contributed by atoms with Crippen LogP contribution in [0.4, 0.5) is 4.39 Å². The van der Waals surface area contributed by atoms with Gasteiger partial charge in [0.05, 0.1) is 12.7 Å². The van der Waals surface area contributed by atoms with Crippen molar-refractivity contribution in [1.29, 1.82) is 0 Å². The van der Waals surface area contributed by atoms with Crippen LogP contribution in [-0.2, 0) is 4.74 Å². The number of ether oxygens (including phenoxy) is 1. The summed E-state index contributed by atoms with van der Waals surface area (Å²) in [6, 6.07) is 1.25. The van der Waals surface area contributed by atoms with E-state index in [4.69, 9.17) is 22.1 Å². The number of H-pyrrole nitrogens is 1. The van der Waals surface area contributed by atoms with Gasteiger partial charge in [0.25, 0.3) is 5.56 Å². The van der Waals surface area contributed by atoms with Crippen LogP contribution in [0.3, 0.4) is 0 Å². The van der Waals surface area contributed by atoms with E-state index in [0.29, 0.717) is 0 Å². The highest BCUT2D eigenvalue weighted by Gasteiger charge is 2.46. The predicted octanol–water partition coefficient (Wildman–Crippen LogP) is 0.914. The number of hydrogen-bond acceptors (Lipinski definition) is 4. The molecule has 1 aliphatic heterocycles. The van der Waals surface area contributed by atoms with E-state index in [9.17, 15) is 9.18 Å². The summed E-state index contributed by atoms with van der Waals surface area (Å²) >= 11 is 4.95. The van der Waals surface area contributed by atoms with Crippen molar-refractivity contribution in [2.45, 2.75) is 31.3 Å². The average molecular weight is 260 g/mol. The molecular formula is C10H13FN2O3S. The molecular weight excluding hydrogens is 247 g/mol. The number of hydrogen-bond donors (Lipinski definition) is 2. The minimum absolute atomic E-state index is 0.0923. The molecule has 5 nitrogen and oxygen atoms in total. The van der Waals surface area contributed by atoms with Gasteiger partial charge in [0, 0.05) is 18.7 Å². The Hall–Kier alpha value is -1.05. The lowest BCUT2D eigenvalue weighted by Gasteiger charge is -2.23. The number of nitrogens with zero attached hydrogens (tertiary/aromatic N) is 1. The predicted molar refractivity (Wildman–Crippen MR) is 61.0 cm³/mol. The van der Waals surface area contributed by atoms with Crippen molar-refractivity contribution in [2.24, 2.45) is 0 Å². The van der Waals surface area contributed by atoms with Crippen molar-refractivity contribution in [3.05, 3.63) is 27.4 Å². The first kappa shape index (κ1) is 12.4. The molecule has 17 heavy (non-hydrogen) atoms. The van der Waals surface area contributed by atoms with Gasteiger partial charge in [0.15, 0.2) is 16.7 Å². The van der Waals surface area contributed by atoms with Crippen LogP contribution in [0.2, 0.25) is 0 Å². The third-order valence-corrected chi connectivity index (χ3v) is 3.08. The SMILES string of the molecule is CC1(F)C[C@@H](CO)O[C@H]1n1ccc(=O)[nH]c1=S. The van der Waals surface area contributed by atoms with Crippen LogP contribution in [0.15, 0.2) is 17.1 Å². The molecule has 0 spiro atoms. The monoisotopic (exact) mass is 260 g/mol. The maximum Gasteiger partial charge on any atom is 0.251 e. The number of alkyl halides is 1. The minimum Gasteiger partial charge on any atom is -0.394 e.